The molecule has 1 aliphatic rings. The topological polar surface area (TPSA) is 53.9 Å². The van der Waals surface area contributed by atoms with Gasteiger partial charge in [-0.1, -0.05) is 18.2 Å². The van der Waals surface area contributed by atoms with Gasteiger partial charge in [-0.3, -0.25) is 14.9 Å². The molecule has 0 radical (unpaired) electrons. The lowest BCUT2D eigenvalue weighted by Crippen LogP contribution is -2.44. The predicted molar refractivity (Wildman–Crippen MR) is 88.2 cm³/mol. The van der Waals surface area contributed by atoms with Crippen LogP contribution in [0.2, 0.25) is 0 Å². The van der Waals surface area contributed by atoms with Gasteiger partial charge in [0.2, 0.25) is 0 Å². The summed E-state index contributed by atoms with van der Waals surface area (Å²) >= 11 is 0. The van der Waals surface area contributed by atoms with E-state index in [2.05, 4.69) is 41.8 Å². The summed E-state index contributed by atoms with van der Waals surface area (Å²) in [6.07, 6.45) is 11.2. The maximum Gasteiger partial charge on any atom is 0.280 e. The second kappa shape index (κ2) is 5.33. The molecular weight excluding hydrogens is 276 g/mol. The molecule has 0 saturated heterocycles. The fourth-order valence-corrected chi connectivity index (χ4v) is 2.59. The van der Waals surface area contributed by atoms with Crippen LogP contribution in [0.4, 0.5) is 0 Å². The summed E-state index contributed by atoms with van der Waals surface area (Å²) in [7, 11) is 0. The second-order valence-corrected chi connectivity index (χ2v) is 6.30. The van der Waals surface area contributed by atoms with E-state index in [1.165, 1.54) is 0 Å². The third kappa shape index (κ3) is 2.50. The number of aromatic nitrogens is 3. The molecular formula is C17H20N4O. The van der Waals surface area contributed by atoms with E-state index in [0.717, 1.165) is 17.9 Å². The molecule has 0 aromatic carbocycles. The van der Waals surface area contributed by atoms with Crippen molar-refractivity contribution in [2.75, 3.05) is 6.54 Å². The van der Waals surface area contributed by atoms with Gasteiger partial charge in [0.25, 0.3) is 5.56 Å². The minimum absolute atomic E-state index is 0.0659. The van der Waals surface area contributed by atoms with E-state index in [4.69, 9.17) is 0 Å². The molecule has 114 valence electrons. The normalized spacial score (nSPS) is 15.0. The van der Waals surface area contributed by atoms with Gasteiger partial charge in [0, 0.05) is 36.2 Å². The molecule has 0 bridgehead atoms. The van der Waals surface area contributed by atoms with Crippen LogP contribution < -0.4 is 5.56 Å². The third-order valence-electron chi connectivity index (χ3n) is 3.73. The van der Waals surface area contributed by atoms with E-state index in [1.54, 1.807) is 23.3 Å². The fraction of sp³-hybridized carbons (Fsp3) is 0.294. The van der Waals surface area contributed by atoms with Crippen LogP contribution in [0, 0.1) is 0 Å². The van der Waals surface area contributed by atoms with Crippen LogP contribution in [-0.4, -0.2) is 31.7 Å². The SMILES string of the molecule is CC(C)(C)N1CC=CC=C1n1[nH]cc(-c2cccnc2)c1=O. The maximum absolute atomic E-state index is 12.8. The number of rotatable bonds is 2. The van der Waals surface area contributed by atoms with Gasteiger partial charge in [-0.15, -0.1) is 0 Å². The minimum atomic E-state index is -0.0738. The van der Waals surface area contributed by atoms with Gasteiger partial charge < -0.3 is 4.90 Å². The molecule has 1 aliphatic heterocycles. The van der Waals surface area contributed by atoms with E-state index in [1.807, 2.05) is 24.3 Å². The second-order valence-electron chi connectivity index (χ2n) is 6.30. The highest BCUT2D eigenvalue weighted by Gasteiger charge is 2.26. The zero-order chi connectivity index (χ0) is 15.7. The third-order valence-corrected chi connectivity index (χ3v) is 3.73. The predicted octanol–water partition coefficient (Wildman–Crippen LogP) is 2.71. The summed E-state index contributed by atoms with van der Waals surface area (Å²) in [5.41, 5.74) is 1.30. The van der Waals surface area contributed by atoms with Gasteiger partial charge in [-0.25, -0.2) is 4.68 Å². The number of nitrogens with zero attached hydrogens (tertiary/aromatic N) is 3. The van der Waals surface area contributed by atoms with Crippen molar-refractivity contribution in [1.82, 2.24) is 19.7 Å². The number of hydrogen-bond acceptors (Lipinski definition) is 3. The molecule has 0 atom stereocenters. The summed E-state index contributed by atoms with van der Waals surface area (Å²) in [5.74, 6) is 0.857. The fourth-order valence-electron chi connectivity index (χ4n) is 2.59. The molecule has 0 saturated carbocycles. The Bertz CT molecular complexity index is 775. The van der Waals surface area contributed by atoms with Gasteiger partial charge in [0.15, 0.2) is 0 Å². The minimum Gasteiger partial charge on any atom is -0.348 e. The molecule has 0 unspecified atom stereocenters. The van der Waals surface area contributed by atoms with Gasteiger partial charge in [0.05, 0.1) is 5.56 Å². The van der Waals surface area contributed by atoms with Crippen molar-refractivity contribution < 1.29 is 0 Å². The maximum atomic E-state index is 12.8. The van der Waals surface area contributed by atoms with Gasteiger partial charge in [0.1, 0.15) is 5.82 Å². The molecule has 0 aliphatic carbocycles. The monoisotopic (exact) mass is 296 g/mol. The number of nitrogens with one attached hydrogen (secondary N) is 1. The Morgan fingerprint density at radius 3 is 2.82 bits per heavy atom. The van der Waals surface area contributed by atoms with Crippen molar-refractivity contribution in [2.24, 2.45) is 0 Å². The Kier molecular flexibility index (Phi) is 3.48. The van der Waals surface area contributed by atoms with Crippen molar-refractivity contribution >= 4 is 5.82 Å². The quantitative estimate of drug-likeness (QED) is 0.927. The Morgan fingerprint density at radius 1 is 1.32 bits per heavy atom. The average molecular weight is 296 g/mol. The molecule has 3 rings (SSSR count). The molecule has 0 amide bonds. The zero-order valence-electron chi connectivity index (χ0n) is 13.1. The number of H-pyrrole nitrogens is 1. The Labute approximate surface area is 129 Å². The summed E-state index contributed by atoms with van der Waals surface area (Å²) < 4.78 is 1.59. The lowest BCUT2D eigenvalue weighted by Gasteiger charge is -2.39. The zero-order valence-corrected chi connectivity index (χ0v) is 13.1. The molecule has 5 heteroatoms. The summed E-state index contributed by atoms with van der Waals surface area (Å²) in [6, 6.07) is 3.72. The van der Waals surface area contributed by atoms with Crippen molar-refractivity contribution in [3.8, 4) is 11.1 Å². The van der Waals surface area contributed by atoms with E-state index < -0.39 is 0 Å². The summed E-state index contributed by atoms with van der Waals surface area (Å²) in [4.78, 5) is 19.0. The number of aromatic amines is 1. The molecule has 0 fully saturated rings. The first-order valence-corrected chi connectivity index (χ1v) is 7.34. The van der Waals surface area contributed by atoms with Crippen molar-refractivity contribution in [1.29, 1.82) is 0 Å². The van der Waals surface area contributed by atoms with Gasteiger partial charge >= 0.3 is 0 Å². The molecule has 2 aromatic rings. The molecule has 1 N–H and O–H groups in total. The van der Waals surface area contributed by atoms with Gasteiger partial charge in [-0.2, -0.15) is 0 Å². The number of pyridine rings is 1. The van der Waals surface area contributed by atoms with Crippen molar-refractivity contribution in [3.05, 3.63) is 59.3 Å². The molecule has 2 aromatic heterocycles. The van der Waals surface area contributed by atoms with Crippen LogP contribution in [0.25, 0.3) is 16.9 Å². The first-order chi connectivity index (χ1) is 10.5. The van der Waals surface area contributed by atoms with Crippen LogP contribution in [0.15, 0.2) is 53.7 Å². The largest absolute Gasteiger partial charge is 0.348 e. The molecule has 5 nitrogen and oxygen atoms in total. The first kappa shape index (κ1) is 14.4. The molecule has 3 heterocycles. The summed E-state index contributed by atoms with van der Waals surface area (Å²) in [6.45, 7) is 7.19. The Morgan fingerprint density at radius 2 is 2.14 bits per heavy atom. The van der Waals surface area contributed by atoms with Crippen LogP contribution in [0.1, 0.15) is 20.8 Å². The standard InChI is InChI=1S/C17H20N4O/c1-17(2,3)20-10-5-4-8-15(20)21-16(22)14(12-19-21)13-7-6-9-18-11-13/h4-9,11-12,19H,10H2,1-3H3. The van der Waals surface area contributed by atoms with Crippen LogP contribution in [0.5, 0.6) is 0 Å². The Hall–Kier alpha value is -2.56. The van der Waals surface area contributed by atoms with E-state index in [-0.39, 0.29) is 11.1 Å². The smallest absolute Gasteiger partial charge is 0.280 e. The van der Waals surface area contributed by atoms with E-state index in [9.17, 15) is 4.79 Å². The number of hydrogen-bond donors (Lipinski definition) is 1. The van der Waals surface area contributed by atoms with Gasteiger partial charge in [-0.05, 0) is 32.9 Å². The molecule has 0 spiro atoms. The van der Waals surface area contributed by atoms with Crippen molar-refractivity contribution in [3.63, 3.8) is 0 Å². The highest BCUT2D eigenvalue weighted by Crippen LogP contribution is 2.24. The Balaban J connectivity index is 2.06. The van der Waals surface area contributed by atoms with Crippen molar-refractivity contribution in [2.45, 2.75) is 26.3 Å². The van der Waals surface area contributed by atoms with Crippen LogP contribution in [-0.2, 0) is 0 Å². The van der Waals surface area contributed by atoms with E-state index in [0.29, 0.717) is 5.56 Å². The van der Waals surface area contributed by atoms with E-state index >= 15 is 0 Å². The van der Waals surface area contributed by atoms with Crippen LogP contribution in [0.3, 0.4) is 0 Å². The average Bonchev–Trinajstić information content (AvgIpc) is 2.89. The summed E-state index contributed by atoms with van der Waals surface area (Å²) in [5, 5.41) is 3.08. The van der Waals surface area contributed by atoms with Crippen LogP contribution >= 0.6 is 0 Å². The lowest BCUT2D eigenvalue weighted by molar-refractivity contribution is 0.226. The number of allylic oxidation sites excluding steroid dienone is 2. The first-order valence-electron chi connectivity index (χ1n) is 7.34. The highest BCUT2D eigenvalue weighted by atomic mass is 16.1. The lowest BCUT2D eigenvalue weighted by atomic mass is 10.0. The highest BCUT2D eigenvalue weighted by molar-refractivity contribution is 5.62. The molecule has 22 heavy (non-hydrogen) atoms.